The number of nitrogens with one attached hydrogen (secondary N) is 1. The molecule has 1 aliphatic heterocycles. The normalized spacial score (nSPS) is 19.5. The van der Waals surface area contributed by atoms with Crippen LogP contribution in [0.2, 0.25) is 0 Å². The standard InChI is InChI=1S/C13H19NO3S/c15-18(16,17)10-4-3-7-13-12-6-2-1-5-11(12)8-9-14-13/h1-2,5-6,13-14H,3-4,7-10H2,(H,15,16,17). The summed E-state index contributed by atoms with van der Waals surface area (Å²) in [5.74, 6) is -0.138. The third-order valence-corrected chi connectivity index (χ3v) is 4.17. The van der Waals surface area contributed by atoms with Gasteiger partial charge in [0, 0.05) is 6.04 Å². The van der Waals surface area contributed by atoms with Crippen molar-refractivity contribution < 1.29 is 13.0 Å². The Morgan fingerprint density at radius 2 is 2.06 bits per heavy atom. The van der Waals surface area contributed by atoms with Crippen LogP contribution in [0.5, 0.6) is 0 Å². The quantitative estimate of drug-likeness (QED) is 0.633. The number of fused-ring (bicyclic) bond motifs is 1. The summed E-state index contributed by atoms with van der Waals surface area (Å²) in [6.45, 7) is 0.972. The van der Waals surface area contributed by atoms with E-state index in [0.29, 0.717) is 12.5 Å². The van der Waals surface area contributed by atoms with E-state index in [2.05, 4.69) is 23.5 Å². The van der Waals surface area contributed by atoms with E-state index in [-0.39, 0.29) is 5.75 Å². The highest BCUT2D eigenvalue weighted by molar-refractivity contribution is 7.85. The van der Waals surface area contributed by atoms with Crippen molar-refractivity contribution in [3.63, 3.8) is 0 Å². The van der Waals surface area contributed by atoms with Crippen LogP contribution < -0.4 is 5.32 Å². The van der Waals surface area contributed by atoms with Gasteiger partial charge in [-0.3, -0.25) is 4.55 Å². The molecule has 1 aliphatic rings. The van der Waals surface area contributed by atoms with Crippen LogP contribution in [0.15, 0.2) is 24.3 Å². The fourth-order valence-electron chi connectivity index (χ4n) is 2.48. The van der Waals surface area contributed by atoms with Crippen molar-refractivity contribution in [3.05, 3.63) is 35.4 Å². The summed E-state index contributed by atoms with van der Waals surface area (Å²) in [4.78, 5) is 0. The summed E-state index contributed by atoms with van der Waals surface area (Å²) in [7, 11) is -3.81. The van der Waals surface area contributed by atoms with Crippen LogP contribution >= 0.6 is 0 Å². The van der Waals surface area contributed by atoms with Gasteiger partial charge >= 0.3 is 0 Å². The molecular formula is C13H19NO3S. The molecule has 0 aromatic heterocycles. The molecule has 1 aromatic rings. The molecule has 0 amide bonds. The Morgan fingerprint density at radius 3 is 2.83 bits per heavy atom. The molecule has 2 N–H and O–H groups in total. The van der Waals surface area contributed by atoms with Crippen LogP contribution in [0.1, 0.15) is 36.4 Å². The SMILES string of the molecule is O=S(=O)(O)CCCCC1NCCc2ccccc21. The monoisotopic (exact) mass is 269 g/mol. The molecule has 0 aliphatic carbocycles. The Kier molecular flexibility index (Phi) is 4.37. The zero-order chi connectivity index (χ0) is 13.0. The maximum atomic E-state index is 10.6. The van der Waals surface area contributed by atoms with Crippen LogP contribution in [0.4, 0.5) is 0 Å². The maximum absolute atomic E-state index is 10.6. The molecule has 1 heterocycles. The van der Waals surface area contributed by atoms with Crippen molar-refractivity contribution in [2.24, 2.45) is 0 Å². The zero-order valence-electron chi connectivity index (χ0n) is 10.3. The lowest BCUT2D eigenvalue weighted by Gasteiger charge is -2.26. The van der Waals surface area contributed by atoms with Crippen molar-refractivity contribution >= 4 is 10.1 Å². The Labute approximate surface area is 108 Å². The third kappa shape index (κ3) is 3.80. The molecule has 0 radical (unpaired) electrons. The minimum Gasteiger partial charge on any atom is -0.310 e. The summed E-state index contributed by atoms with van der Waals surface area (Å²) in [5, 5.41) is 3.46. The van der Waals surface area contributed by atoms with Gasteiger partial charge in [-0.2, -0.15) is 8.42 Å². The first-order valence-electron chi connectivity index (χ1n) is 6.32. The fraction of sp³-hybridized carbons (Fsp3) is 0.538. The number of unbranched alkanes of at least 4 members (excludes halogenated alkanes) is 1. The molecule has 2 rings (SSSR count). The van der Waals surface area contributed by atoms with Crippen molar-refractivity contribution in [2.45, 2.75) is 31.7 Å². The Morgan fingerprint density at radius 1 is 1.28 bits per heavy atom. The molecule has 1 atom stereocenters. The second-order valence-electron chi connectivity index (χ2n) is 4.74. The summed E-state index contributed by atoms with van der Waals surface area (Å²) in [6, 6.07) is 8.70. The number of hydrogen-bond acceptors (Lipinski definition) is 3. The molecule has 0 saturated heterocycles. The van der Waals surface area contributed by atoms with Crippen molar-refractivity contribution in [2.75, 3.05) is 12.3 Å². The molecule has 0 bridgehead atoms. The van der Waals surface area contributed by atoms with E-state index in [4.69, 9.17) is 4.55 Å². The predicted octanol–water partition coefficient (Wildman–Crippen LogP) is 1.93. The highest BCUT2D eigenvalue weighted by Gasteiger charge is 2.18. The van der Waals surface area contributed by atoms with Gasteiger partial charge in [-0.15, -0.1) is 0 Å². The van der Waals surface area contributed by atoms with Gasteiger partial charge in [0.2, 0.25) is 0 Å². The second-order valence-corrected chi connectivity index (χ2v) is 6.31. The van der Waals surface area contributed by atoms with Crippen molar-refractivity contribution in [1.82, 2.24) is 5.32 Å². The lowest BCUT2D eigenvalue weighted by atomic mass is 9.91. The van der Waals surface area contributed by atoms with Crippen molar-refractivity contribution in [1.29, 1.82) is 0 Å². The van der Waals surface area contributed by atoms with Gasteiger partial charge in [0.1, 0.15) is 0 Å². The average Bonchev–Trinajstić information content (AvgIpc) is 2.33. The van der Waals surface area contributed by atoms with Gasteiger partial charge in [-0.05, 0) is 36.9 Å². The minimum absolute atomic E-state index is 0.138. The highest BCUT2D eigenvalue weighted by atomic mass is 32.2. The van der Waals surface area contributed by atoms with Crippen LogP contribution in [0.3, 0.4) is 0 Å². The summed E-state index contributed by atoms with van der Waals surface area (Å²) in [5.41, 5.74) is 2.71. The van der Waals surface area contributed by atoms with E-state index in [1.807, 2.05) is 6.07 Å². The van der Waals surface area contributed by atoms with E-state index in [9.17, 15) is 8.42 Å². The van der Waals surface area contributed by atoms with E-state index in [0.717, 1.165) is 25.8 Å². The number of benzene rings is 1. The van der Waals surface area contributed by atoms with Crippen LogP contribution in [0.25, 0.3) is 0 Å². The lowest BCUT2D eigenvalue weighted by Crippen LogP contribution is -2.29. The largest absolute Gasteiger partial charge is 0.310 e. The van der Waals surface area contributed by atoms with E-state index < -0.39 is 10.1 Å². The first-order valence-corrected chi connectivity index (χ1v) is 7.93. The third-order valence-electron chi connectivity index (χ3n) is 3.36. The molecule has 1 aromatic carbocycles. The predicted molar refractivity (Wildman–Crippen MR) is 71.2 cm³/mol. The molecule has 18 heavy (non-hydrogen) atoms. The van der Waals surface area contributed by atoms with Crippen LogP contribution in [0, 0.1) is 0 Å². The second kappa shape index (κ2) is 5.82. The minimum atomic E-state index is -3.81. The molecule has 0 saturated carbocycles. The summed E-state index contributed by atoms with van der Waals surface area (Å²) >= 11 is 0. The molecule has 0 spiro atoms. The van der Waals surface area contributed by atoms with Gasteiger partial charge in [0.15, 0.2) is 0 Å². The molecular weight excluding hydrogens is 250 g/mol. The summed E-state index contributed by atoms with van der Waals surface area (Å²) < 4.78 is 29.9. The van der Waals surface area contributed by atoms with Gasteiger partial charge in [0.25, 0.3) is 10.1 Å². The Balaban J connectivity index is 1.88. The van der Waals surface area contributed by atoms with E-state index in [1.54, 1.807) is 0 Å². The fourth-order valence-corrected chi connectivity index (χ4v) is 3.05. The Bertz CT molecular complexity index is 499. The topological polar surface area (TPSA) is 66.4 Å². The highest BCUT2D eigenvalue weighted by Crippen LogP contribution is 2.26. The first kappa shape index (κ1) is 13.5. The smallest absolute Gasteiger partial charge is 0.264 e. The van der Waals surface area contributed by atoms with Gasteiger partial charge in [-0.25, -0.2) is 0 Å². The van der Waals surface area contributed by atoms with E-state index in [1.165, 1.54) is 11.1 Å². The van der Waals surface area contributed by atoms with E-state index >= 15 is 0 Å². The molecule has 1 unspecified atom stereocenters. The van der Waals surface area contributed by atoms with Crippen LogP contribution in [-0.4, -0.2) is 25.3 Å². The molecule has 0 fully saturated rings. The van der Waals surface area contributed by atoms with Gasteiger partial charge in [0.05, 0.1) is 5.75 Å². The zero-order valence-corrected chi connectivity index (χ0v) is 11.1. The Hall–Kier alpha value is -0.910. The number of hydrogen-bond donors (Lipinski definition) is 2. The summed E-state index contributed by atoms with van der Waals surface area (Å²) in [6.07, 6.45) is 3.27. The maximum Gasteiger partial charge on any atom is 0.264 e. The molecule has 5 heteroatoms. The van der Waals surface area contributed by atoms with Gasteiger partial charge in [-0.1, -0.05) is 30.7 Å². The van der Waals surface area contributed by atoms with Gasteiger partial charge < -0.3 is 5.32 Å². The molecule has 4 nitrogen and oxygen atoms in total. The number of rotatable bonds is 5. The average molecular weight is 269 g/mol. The van der Waals surface area contributed by atoms with Crippen molar-refractivity contribution in [3.8, 4) is 0 Å². The molecule has 100 valence electrons. The van der Waals surface area contributed by atoms with Crippen LogP contribution in [-0.2, 0) is 16.5 Å². The lowest BCUT2D eigenvalue weighted by molar-refractivity contribution is 0.452. The first-order chi connectivity index (χ1) is 8.56.